The minimum Gasteiger partial charge on any atom is -0.471 e. The van der Waals surface area contributed by atoms with Crippen LogP contribution in [0.3, 0.4) is 0 Å². The maximum absolute atomic E-state index is 12.1. The minimum atomic E-state index is -0.225. The number of methoxy groups -OCH3 is 1. The average molecular weight is 171 g/mol. The van der Waals surface area contributed by atoms with Crippen molar-refractivity contribution in [1.29, 1.82) is 0 Å². The zero-order valence-corrected chi connectivity index (χ0v) is 6.95. The first-order chi connectivity index (χ1) is 5.70. The Labute approximate surface area is 70.2 Å². The van der Waals surface area contributed by atoms with Gasteiger partial charge in [-0.2, -0.15) is 0 Å². The Morgan fingerprint density at radius 1 is 1.67 bits per heavy atom. The van der Waals surface area contributed by atoms with E-state index in [1.807, 2.05) is 0 Å². The standard InChI is InChI=1S/C6H6FN.C2H4O2/c1-5-4-6(7)2-3-8-5;1-4-2-3/h2-4H,1H3;2H,1H3. The zero-order chi connectivity index (χ0) is 9.40. The number of aromatic nitrogens is 1. The van der Waals surface area contributed by atoms with E-state index in [0.717, 1.165) is 0 Å². The molecular weight excluding hydrogens is 161 g/mol. The Hall–Kier alpha value is -1.45. The van der Waals surface area contributed by atoms with E-state index < -0.39 is 0 Å². The highest BCUT2D eigenvalue weighted by Gasteiger charge is 1.85. The number of ether oxygens (including phenoxy) is 1. The third-order valence-corrected chi connectivity index (χ3v) is 0.955. The summed E-state index contributed by atoms with van der Waals surface area (Å²) in [6, 6.07) is 2.72. The van der Waals surface area contributed by atoms with Gasteiger partial charge in [0.2, 0.25) is 0 Å². The molecule has 1 aromatic heterocycles. The van der Waals surface area contributed by atoms with Gasteiger partial charge >= 0.3 is 0 Å². The van der Waals surface area contributed by atoms with E-state index >= 15 is 0 Å². The summed E-state index contributed by atoms with van der Waals surface area (Å²) >= 11 is 0. The van der Waals surface area contributed by atoms with Crippen molar-refractivity contribution in [2.45, 2.75) is 6.92 Å². The van der Waals surface area contributed by atoms with Gasteiger partial charge in [-0.1, -0.05) is 0 Å². The number of hydrogen-bond donors (Lipinski definition) is 0. The van der Waals surface area contributed by atoms with Crippen molar-refractivity contribution in [1.82, 2.24) is 4.98 Å². The van der Waals surface area contributed by atoms with Crippen molar-refractivity contribution in [2.75, 3.05) is 7.11 Å². The Morgan fingerprint density at radius 3 is 2.50 bits per heavy atom. The minimum absolute atomic E-state index is 0.225. The first kappa shape index (κ1) is 10.6. The second kappa shape index (κ2) is 6.27. The van der Waals surface area contributed by atoms with Crippen LogP contribution in [0.1, 0.15) is 5.69 Å². The van der Waals surface area contributed by atoms with Gasteiger partial charge < -0.3 is 4.74 Å². The average Bonchev–Trinajstić information content (AvgIpc) is 2.04. The van der Waals surface area contributed by atoms with Crippen LogP contribution in [0.25, 0.3) is 0 Å². The van der Waals surface area contributed by atoms with Crippen LogP contribution in [0.2, 0.25) is 0 Å². The highest BCUT2D eigenvalue weighted by atomic mass is 19.1. The number of pyridine rings is 1. The van der Waals surface area contributed by atoms with Crippen molar-refractivity contribution >= 4 is 6.47 Å². The molecule has 1 heterocycles. The van der Waals surface area contributed by atoms with Gasteiger partial charge in [-0.3, -0.25) is 9.78 Å². The summed E-state index contributed by atoms with van der Waals surface area (Å²) in [5.41, 5.74) is 0.713. The van der Waals surface area contributed by atoms with Gasteiger partial charge in [0.05, 0.1) is 7.11 Å². The third-order valence-electron chi connectivity index (χ3n) is 0.955. The van der Waals surface area contributed by atoms with E-state index in [9.17, 15) is 4.39 Å². The Morgan fingerprint density at radius 2 is 2.25 bits per heavy atom. The summed E-state index contributed by atoms with van der Waals surface area (Å²) in [4.78, 5) is 12.8. The number of rotatable bonds is 1. The second-order valence-corrected chi connectivity index (χ2v) is 1.95. The monoisotopic (exact) mass is 171 g/mol. The van der Waals surface area contributed by atoms with Crippen LogP contribution in [0.5, 0.6) is 0 Å². The second-order valence-electron chi connectivity index (χ2n) is 1.95. The Kier molecular flexibility index (Phi) is 5.51. The van der Waals surface area contributed by atoms with Gasteiger partial charge in [-0.15, -0.1) is 0 Å². The molecule has 0 fully saturated rings. The normalized spacial score (nSPS) is 7.92. The molecule has 0 aromatic carbocycles. The van der Waals surface area contributed by atoms with E-state index in [1.54, 1.807) is 6.92 Å². The molecule has 0 aliphatic carbocycles. The van der Waals surface area contributed by atoms with Crippen LogP contribution in [-0.2, 0) is 9.53 Å². The lowest BCUT2D eigenvalue weighted by molar-refractivity contribution is -0.126. The van der Waals surface area contributed by atoms with Crippen LogP contribution >= 0.6 is 0 Å². The van der Waals surface area contributed by atoms with E-state index in [2.05, 4.69) is 9.72 Å². The van der Waals surface area contributed by atoms with Gasteiger partial charge in [0.25, 0.3) is 6.47 Å². The molecule has 0 amide bonds. The fourth-order valence-electron chi connectivity index (χ4n) is 0.511. The molecular formula is C8H10FNO2. The molecule has 0 atom stereocenters. The van der Waals surface area contributed by atoms with E-state index in [0.29, 0.717) is 12.2 Å². The van der Waals surface area contributed by atoms with Gasteiger partial charge in [0.15, 0.2) is 0 Å². The predicted molar refractivity (Wildman–Crippen MR) is 42.0 cm³/mol. The van der Waals surface area contributed by atoms with Gasteiger partial charge in [0, 0.05) is 11.9 Å². The lowest BCUT2D eigenvalue weighted by Crippen LogP contribution is -1.79. The summed E-state index contributed by atoms with van der Waals surface area (Å²) in [5, 5.41) is 0. The first-order valence-electron chi connectivity index (χ1n) is 3.25. The van der Waals surface area contributed by atoms with Crippen LogP contribution in [0.4, 0.5) is 4.39 Å². The topological polar surface area (TPSA) is 39.2 Å². The molecule has 3 nitrogen and oxygen atoms in total. The van der Waals surface area contributed by atoms with Crippen molar-refractivity contribution in [3.8, 4) is 0 Å². The third kappa shape index (κ3) is 5.34. The Balaban J connectivity index is 0.000000261. The quantitative estimate of drug-likeness (QED) is 0.598. The van der Waals surface area contributed by atoms with E-state index in [1.165, 1.54) is 25.4 Å². The summed E-state index contributed by atoms with van der Waals surface area (Å²) < 4.78 is 16.0. The molecule has 0 saturated heterocycles. The SMILES string of the molecule is COC=O.Cc1cc(F)ccn1. The van der Waals surface area contributed by atoms with E-state index in [-0.39, 0.29) is 5.82 Å². The summed E-state index contributed by atoms with van der Waals surface area (Å²) in [6.07, 6.45) is 1.45. The molecule has 0 unspecified atom stereocenters. The van der Waals surface area contributed by atoms with Gasteiger partial charge in [0.1, 0.15) is 5.82 Å². The first-order valence-corrected chi connectivity index (χ1v) is 3.25. The van der Waals surface area contributed by atoms with Crippen LogP contribution in [0, 0.1) is 12.7 Å². The molecule has 1 rings (SSSR count). The largest absolute Gasteiger partial charge is 0.471 e. The number of carbonyl (C=O) groups excluding carboxylic acids is 1. The molecule has 0 saturated carbocycles. The molecule has 0 spiro atoms. The molecule has 4 heteroatoms. The molecule has 12 heavy (non-hydrogen) atoms. The molecule has 0 radical (unpaired) electrons. The van der Waals surface area contributed by atoms with Crippen molar-refractivity contribution in [3.05, 3.63) is 29.8 Å². The smallest absolute Gasteiger partial charge is 0.292 e. The molecule has 0 aliphatic rings. The predicted octanol–water partition coefficient (Wildman–Crippen LogP) is 1.32. The van der Waals surface area contributed by atoms with Crippen LogP contribution < -0.4 is 0 Å². The molecule has 1 aromatic rings. The van der Waals surface area contributed by atoms with Gasteiger partial charge in [-0.25, -0.2) is 4.39 Å². The van der Waals surface area contributed by atoms with Crippen molar-refractivity contribution in [2.24, 2.45) is 0 Å². The highest BCUT2D eigenvalue weighted by Crippen LogP contribution is 1.95. The van der Waals surface area contributed by atoms with Gasteiger partial charge in [-0.05, 0) is 19.1 Å². The number of aryl methyl sites for hydroxylation is 1. The zero-order valence-electron chi connectivity index (χ0n) is 6.95. The van der Waals surface area contributed by atoms with Crippen molar-refractivity contribution < 1.29 is 13.9 Å². The van der Waals surface area contributed by atoms with Crippen molar-refractivity contribution in [3.63, 3.8) is 0 Å². The lowest BCUT2D eigenvalue weighted by atomic mass is 10.4. The molecule has 0 aliphatic heterocycles. The Bertz CT molecular complexity index is 223. The number of hydrogen-bond acceptors (Lipinski definition) is 3. The van der Waals surface area contributed by atoms with Crippen LogP contribution in [0.15, 0.2) is 18.3 Å². The fraction of sp³-hybridized carbons (Fsp3) is 0.250. The number of halogens is 1. The summed E-state index contributed by atoms with van der Waals surface area (Å²) in [7, 11) is 1.31. The van der Waals surface area contributed by atoms with Crippen LogP contribution in [-0.4, -0.2) is 18.6 Å². The highest BCUT2D eigenvalue weighted by molar-refractivity contribution is 5.36. The summed E-state index contributed by atoms with van der Waals surface area (Å²) in [5.74, 6) is -0.225. The molecule has 0 bridgehead atoms. The molecule has 66 valence electrons. The lowest BCUT2D eigenvalue weighted by Gasteiger charge is -1.86. The molecule has 0 N–H and O–H groups in total. The summed E-state index contributed by atoms with van der Waals surface area (Å²) in [6.45, 7) is 2.13. The van der Waals surface area contributed by atoms with E-state index in [4.69, 9.17) is 4.79 Å². The number of carbonyl (C=O) groups is 1. The number of nitrogens with zero attached hydrogens (tertiary/aromatic N) is 1. The maximum atomic E-state index is 12.1. The fourth-order valence-corrected chi connectivity index (χ4v) is 0.511. The maximum Gasteiger partial charge on any atom is 0.292 e.